The summed E-state index contributed by atoms with van der Waals surface area (Å²) in [5, 5.41) is 12.4. The molecule has 0 aliphatic heterocycles. The van der Waals surface area contributed by atoms with E-state index in [1.54, 1.807) is 6.92 Å². The average molecular weight is 400 g/mol. The number of rotatable bonds is 7. The molecule has 9 heteroatoms. The molecule has 28 heavy (non-hydrogen) atoms. The SMILES string of the molecule is Cc1oc(-c2nc(C#N)c(NCCc3ccccc3)o2)cc1S(=O)(=O)N(C)C. The van der Waals surface area contributed by atoms with Crippen LogP contribution in [0.2, 0.25) is 0 Å². The van der Waals surface area contributed by atoms with Gasteiger partial charge in [-0.05, 0) is 18.9 Å². The van der Waals surface area contributed by atoms with Gasteiger partial charge in [0.1, 0.15) is 16.7 Å². The van der Waals surface area contributed by atoms with Crippen molar-refractivity contribution in [3.8, 4) is 17.7 Å². The van der Waals surface area contributed by atoms with Gasteiger partial charge in [0.05, 0.1) is 0 Å². The lowest BCUT2D eigenvalue weighted by Crippen LogP contribution is -2.22. The van der Waals surface area contributed by atoms with Crippen LogP contribution < -0.4 is 5.32 Å². The summed E-state index contributed by atoms with van der Waals surface area (Å²) in [4.78, 5) is 4.14. The molecule has 1 N–H and O–H groups in total. The Bertz CT molecular complexity index is 1110. The molecule has 0 aliphatic rings. The fourth-order valence-electron chi connectivity index (χ4n) is 2.61. The highest BCUT2D eigenvalue weighted by Crippen LogP contribution is 2.31. The van der Waals surface area contributed by atoms with Gasteiger partial charge in [-0.25, -0.2) is 12.7 Å². The first-order valence-electron chi connectivity index (χ1n) is 8.55. The van der Waals surface area contributed by atoms with E-state index in [0.29, 0.717) is 6.54 Å². The maximum atomic E-state index is 12.4. The Morgan fingerprint density at radius 2 is 1.93 bits per heavy atom. The molecule has 3 aromatic rings. The second-order valence-corrected chi connectivity index (χ2v) is 8.41. The Morgan fingerprint density at radius 3 is 2.57 bits per heavy atom. The summed E-state index contributed by atoms with van der Waals surface area (Å²) in [5.41, 5.74) is 1.22. The van der Waals surface area contributed by atoms with Crippen molar-refractivity contribution < 1.29 is 17.3 Å². The second kappa shape index (κ2) is 7.88. The van der Waals surface area contributed by atoms with Crippen molar-refractivity contribution >= 4 is 15.9 Å². The predicted molar refractivity (Wildman–Crippen MR) is 103 cm³/mol. The third-order valence-electron chi connectivity index (χ3n) is 4.12. The van der Waals surface area contributed by atoms with Gasteiger partial charge >= 0.3 is 0 Å². The number of nitriles is 1. The van der Waals surface area contributed by atoms with E-state index in [9.17, 15) is 13.7 Å². The molecule has 0 saturated carbocycles. The zero-order valence-corrected chi connectivity index (χ0v) is 16.6. The van der Waals surface area contributed by atoms with Crippen molar-refractivity contribution in [2.75, 3.05) is 26.0 Å². The zero-order valence-electron chi connectivity index (χ0n) is 15.8. The molecule has 0 radical (unpaired) electrons. The summed E-state index contributed by atoms with van der Waals surface area (Å²) in [6, 6.07) is 13.2. The maximum absolute atomic E-state index is 12.4. The van der Waals surface area contributed by atoms with Crippen molar-refractivity contribution in [3.05, 3.63) is 53.4 Å². The topological polar surface area (TPSA) is 112 Å². The van der Waals surface area contributed by atoms with Crippen LogP contribution in [-0.4, -0.2) is 38.3 Å². The van der Waals surface area contributed by atoms with Crippen LogP contribution in [0.5, 0.6) is 0 Å². The molecule has 0 saturated heterocycles. The van der Waals surface area contributed by atoms with E-state index >= 15 is 0 Å². The van der Waals surface area contributed by atoms with Gasteiger partial charge in [-0.15, -0.1) is 0 Å². The van der Waals surface area contributed by atoms with Crippen LogP contribution in [0.4, 0.5) is 5.88 Å². The molecule has 0 unspecified atom stereocenters. The molecule has 146 valence electrons. The standard InChI is InChI=1S/C19H20N4O4S/c1-13-17(28(24,25)23(2)3)11-16(26-13)19-22-15(12-20)18(27-19)21-10-9-14-7-5-4-6-8-14/h4-8,11,21H,9-10H2,1-3H3. The van der Waals surface area contributed by atoms with Crippen LogP contribution in [0.15, 0.2) is 50.1 Å². The fourth-order valence-corrected chi connectivity index (χ4v) is 3.66. The third-order valence-corrected chi connectivity index (χ3v) is 6.04. The highest BCUT2D eigenvalue weighted by Gasteiger charge is 2.26. The van der Waals surface area contributed by atoms with E-state index in [2.05, 4.69) is 10.3 Å². The summed E-state index contributed by atoms with van der Waals surface area (Å²) in [7, 11) is -0.780. The molecule has 3 rings (SSSR count). The summed E-state index contributed by atoms with van der Waals surface area (Å²) >= 11 is 0. The van der Waals surface area contributed by atoms with E-state index in [4.69, 9.17) is 8.83 Å². The normalized spacial score (nSPS) is 11.5. The highest BCUT2D eigenvalue weighted by molar-refractivity contribution is 7.89. The number of anilines is 1. The molecule has 8 nitrogen and oxygen atoms in total. The summed E-state index contributed by atoms with van der Waals surface area (Å²) in [6.07, 6.45) is 0.743. The number of furan rings is 1. The van der Waals surface area contributed by atoms with Gasteiger partial charge in [0.25, 0.3) is 5.89 Å². The fraction of sp³-hybridized carbons (Fsp3) is 0.263. The van der Waals surface area contributed by atoms with Crippen molar-refractivity contribution in [2.45, 2.75) is 18.2 Å². The number of nitrogens with one attached hydrogen (secondary N) is 1. The molecule has 0 spiro atoms. The molecule has 2 aromatic heterocycles. The van der Waals surface area contributed by atoms with Crippen molar-refractivity contribution in [3.63, 3.8) is 0 Å². The Balaban J connectivity index is 1.82. The summed E-state index contributed by atoms with van der Waals surface area (Å²) in [6.45, 7) is 2.10. The molecule has 0 amide bonds. The minimum Gasteiger partial charge on any atom is -0.455 e. The van der Waals surface area contributed by atoms with Crippen molar-refractivity contribution in [1.29, 1.82) is 5.26 Å². The first kappa shape index (κ1) is 19.7. The van der Waals surface area contributed by atoms with E-state index in [0.717, 1.165) is 16.3 Å². The lowest BCUT2D eigenvalue weighted by molar-refractivity contribution is 0.492. The molecular weight excluding hydrogens is 380 g/mol. The first-order chi connectivity index (χ1) is 13.3. The average Bonchev–Trinajstić information content (AvgIpc) is 3.26. The highest BCUT2D eigenvalue weighted by atomic mass is 32.2. The number of hydrogen-bond donors (Lipinski definition) is 1. The third kappa shape index (κ3) is 3.93. The Morgan fingerprint density at radius 1 is 1.21 bits per heavy atom. The molecule has 0 fully saturated rings. The van der Waals surface area contributed by atoms with Crippen LogP contribution >= 0.6 is 0 Å². The van der Waals surface area contributed by atoms with Gasteiger partial charge in [0.2, 0.25) is 21.6 Å². The van der Waals surface area contributed by atoms with Gasteiger partial charge in [-0.1, -0.05) is 30.3 Å². The largest absolute Gasteiger partial charge is 0.455 e. The predicted octanol–water partition coefficient (Wildman–Crippen LogP) is 3.02. The molecular formula is C19H20N4O4S. The van der Waals surface area contributed by atoms with Crippen LogP contribution in [0, 0.1) is 18.3 Å². The number of nitrogens with zero attached hydrogens (tertiary/aromatic N) is 3. The van der Waals surface area contributed by atoms with Gasteiger partial charge in [-0.2, -0.15) is 10.2 Å². The molecule has 0 atom stereocenters. The van der Waals surface area contributed by atoms with Crippen LogP contribution in [-0.2, 0) is 16.4 Å². The van der Waals surface area contributed by atoms with Crippen LogP contribution in [0.25, 0.3) is 11.7 Å². The summed E-state index contributed by atoms with van der Waals surface area (Å²) < 4.78 is 37.0. The van der Waals surface area contributed by atoms with Crippen LogP contribution in [0.1, 0.15) is 17.0 Å². The second-order valence-electron chi connectivity index (χ2n) is 6.29. The first-order valence-corrected chi connectivity index (χ1v) is 9.99. The van der Waals surface area contributed by atoms with E-state index in [1.165, 1.54) is 20.2 Å². The number of oxazole rings is 1. The Hall–Kier alpha value is -3.09. The zero-order chi connectivity index (χ0) is 20.3. The number of aromatic nitrogens is 1. The lowest BCUT2D eigenvalue weighted by Gasteiger charge is -2.09. The van der Waals surface area contributed by atoms with Gasteiger partial charge in [-0.3, -0.25) is 0 Å². The Kier molecular flexibility index (Phi) is 5.53. The number of aryl methyl sites for hydroxylation is 1. The quantitative estimate of drug-likeness (QED) is 0.648. The van der Waals surface area contributed by atoms with Crippen LogP contribution in [0.3, 0.4) is 0 Å². The number of hydrogen-bond acceptors (Lipinski definition) is 7. The molecule has 1 aromatic carbocycles. The van der Waals surface area contributed by atoms with Gasteiger partial charge in [0.15, 0.2) is 5.76 Å². The minimum absolute atomic E-state index is 0.0304. The maximum Gasteiger partial charge on any atom is 0.266 e. The van der Waals surface area contributed by atoms with Gasteiger partial charge < -0.3 is 14.2 Å². The number of benzene rings is 1. The van der Waals surface area contributed by atoms with E-state index in [-0.39, 0.29) is 33.9 Å². The van der Waals surface area contributed by atoms with E-state index < -0.39 is 10.0 Å². The Labute approximate surface area is 163 Å². The number of sulfonamides is 1. The van der Waals surface area contributed by atoms with Crippen molar-refractivity contribution in [1.82, 2.24) is 9.29 Å². The molecule has 0 aliphatic carbocycles. The molecule has 0 bridgehead atoms. The van der Waals surface area contributed by atoms with Crippen molar-refractivity contribution in [2.24, 2.45) is 0 Å². The smallest absolute Gasteiger partial charge is 0.266 e. The molecule has 2 heterocycles. The minimum atomic E-state index is -3.66. The van der Waals surface area contributed by atoms with E-state index in [1.807, 2.05) is 36.4 Å². The lowest BCUT2D eigenvalue weighted by atomic mass is 10.1. The monoisotopic (exact) mass is 400 g/mol. The summed E-state index contributed by atoms with van der Waals surface area (Å²) in [5.74, 6) is 0.631. The van der Waals surface area contributed by atoms with Gasteiger partial charge in [0, 0.05) is 26.7 Å².